The van der Waals surface area contributed by atoms with Crippen molar-refractivity contribution in [2.24, 2.45) is 0 Å². The largest absolute Gasteiger partial charge is 0.393 e. The van der Waals surface area contributed by atoms with Gasteiger partial charge in [-0.05, 0) is 31.0 Å². The van der Waals surface area contributed by atoms with Crippen LogP contribution in [0.1, 0.15) is 19.8 Å². The molecule has 7 heteroatoms. The van der Waals surface area contributed by atoms with Gasteiger partial charge in [-0.2, -0.15) is 0 Å². The molecule has 0 aromatic heterocycles. The Balaban J connectivity index is 2.47. The second-order valence-corrected chi connectivity index (χ2v) is 4.62. The van der Waals surface area contributed by atoms with Gasteiger partial charge in [-0.25, -0.2) is 4.39 Å². The van der Waals surface area contributed by atoms with Gasteiger partial charge in [0.25, 0.3) is 0 Å². The van der Waals surface area contributed by atoms with Crippen LogP contribution in [0.3, 0.4) is 0 Å². The molecule has 0 saturated carbocycles. The highest BCUT2D eigenvalue weighted by atomic mass is 35.5. The molecule has 0 aliphatic carbocycles. The molecule has 0 saturated heterocycles. The second kappa shape index (κ2) is 7.81. The molecule has 1 aromatic carbocycles. The third-order valence-electron chi connectivity index (χ3n) is 2.62. The predicted octanol–water partition coefficient (Wildman–Crippen LogP) is 1.69. The molecular weight excluding hydrogens is 287 g/mol. The summed E-state index contributed by atoms with van der Waals surface area (Å²) >= 11 is 5.57. The minimum atomic E-state index is -0.975. The molecule has 0 aliphatic heterocycles. The van der Waals surface area contributed by atoms with Crippen LogP contribution in [0.15, 0.2) is 18.2 Å². The summed E-state index contributed by atoms with van der Waals surface area (Å²) in [4.78, 5) is 23.0. The average molecular weight is 303 g/mol. The first-order valence-electron chi connectivity index (χ1n) is 6.16. The van der Waals surface area contributed by atoms with E-state index >= 15 is 0 Å². The molecular formula is C13H16ClFN2O3. The number of aliphatic hydroxyl groups excluding tert-OH is 1. The normalized spacial score (nSPS) is 11.8. The Labute approximate surface area is 121 Å². The smallest absolute Gasteiger partial charge is 0.313 e. The van der Waals surface area contributed by atoms with Gasteiger partial charge in [0.2, 0.25) is 0 Å². The highest BCUT2D eigenvalue weighted by Gasteiger charge is 2.15. The van der Waals surface area contributed by atoms with Gasteiger partial charge in [-0.15, -0.1) is 0 Å². The van der Waals surface area contributed by atoms with Crippen LogP contribution in [-0.4, -0.2) is 29.6 Å². The Morgan fingerprint density at radius 3 is 2.70 bits per heavy atom. The number of hydrogen-bond acceptors (Lipinski definition) is 3. The lowest BCUT2D eigenvalue weighted by molar-refractivity contribution is -0.136. The summed E-state index contributed by atoms with van der Waals surface area (Å²) in [7, 11) is 0. The van der Waals surface area contributed by atoms with Crippen LogP contribution < -0.4 is 10.6 Å². The molecule has 1 rings (SSSR count). The highest BCUT2D eigenvalue weighted by molar-refractivity contribution is 6.39. The lowest BCUT2D eigenvalue weighted by Gasteiger charge is -2.09. The van der Waals surface area contributed by atoms with Crippen molar-refractivity contribution in [2.45, 2.75) is 25.9 Å². The van der Waals surface area contributed by atoms with E-state index < -0.39 is 23.7 Å². The molecule has 0 radical (unpaired) electrons. The van der Waals surface area contributed by atoms with Crippen molar-refractivity contribution < 1.29 is 19.1 Å². The number of aliphatic hydroxyl groups is 1. The molecule has 2 amide bonds. The lowest BCUT2D eigenvalue weighted by atomic mass is 10.2. The van der Waals surface area contributed by atoms with Crippen LogP contribution in [0.2, 0.25) is 5.02 Å². The van der Waals surface area contributed by atoms with Gasteiger partial charge in [0.15, 0.2) is 0 Å². The number of rotatable bonds is 5. The van der Waals surface area contributed by atoms with E-state index in [-0.39, 0.29) is 17.3 Å². The lowest BCUT2D eigenvalue weighted by Crippen LogP contribution is -2.37. The van der Waals surface area contributed by atoms with Crippen LogP contribution >= 0.6 is 11.6 Å². The van der Waals surface area contributed by atoms with Crippen molar-refractivity contribution in [2.75, 3.05) is 11.9 Å². The Morgan fingerprint density at radius 1 is 1.40 bits per heavy atom. The Morgan fingerprint density at radius 2 is 2.10 bits per heavy atom. The molecule has 0 heterocycles. The van der Waals surface area contributed by atoms with E-state index in [2.05, 4.69) is 10.6 Å². The summed E-state index contributed by atoms with van der Waals surface area (Å²) in [5, 5.41) is 14.0. The fourth-order valence-electron chi connectivity index (χ4n) is 1.41. The predicted molar refractivity (Wildman–Crippen MR) is 74.0 cm³/mol. The number of carbonyl (C=O) groups is 2. The molecule has 0 bridgehead atoms. The van der Waals surface area contributed by atoms with Gasteiger partial charge in [-0.1, -0.05) is 18.5 Å². The maximum Gasteiger partial charge on any atom is 0.313 e. The fraction of sp³-hybridized carbons (Fsp3) is 0.385. The molecule has 1 atom stereocenters. The van der Waals surface area contributed by atoms with Crippen LogP contribution in [0.4, 0.5) is 10.1 Å². The highest BCUT2D eigenvalue weighted by Crippen LogP contribution is 2.18. The first kappa shape index (κ1) is 16.4. The monoisotopic (exact) mass is 302 g/mol. The molecule has 1 unspecified atom stereocenters. The van der Waals surface area contributed by atoms with E-state index in [0.717, 1.165) is 6.07 Å². The van der Waals surface area contributed by atoms with Crippen molar-refractivity contribution in [1.82, 2.24) is 5.32 Å². The molecule has 110 valence electrons. The summed E-state index contributed by atoms with van der Waals surface area (Å²) in [6.07, 6.45) is 0.398. The van der Waals surface area contributed by atoms with Crippen LogP contribution in [0.5, 0.6) is 0 Å². The Kier molecular flexibility index (Phi) is 6.41. The SMILES string of the molecule is CCC(O)CCNC(=O)C(=O)Nc1ccc(Cl)cc1F. The van der Waals surface area contributed by atoms with Crippen molar-refractivity contribution in [1.29, 1.82) is 0 Å². The number of hydrogen-bond donors (Lipinski definition) is 3. The van der Waals surface area contributed by atoms with E-state index in [9.17, 15) is 19.1 Å². The number of nitrogens with one attached hydrogen (secondary N) is 2. The third kappa shape index (κ3) is 5.14. The van der Waals surface area contributed by atoms with Gasteiger partial charge in [0, 0.05) is 11.6 Å². The summed E-state index contributed by atoms with van der Waals surface area (Å²) in [6.45, 7) is 1.98. The van der Waals surface area contributed by atoms with Crippen molar-refractivity contribution in [3.05, 3.63) is 29.0 Å². The van der Waals surface area contributed by atoms with Crippen molar-refractivity contribution in [3.63, 3.8) is 0 Å². The number of benzene rings is 1. The van der Waals surface area contributed by atoms with E-state index in [1.54, 1.807) is 0 Å². The quantitative estimate of drug-likeness (QED) is 0.724. The molecule has 1 aromatic rings. The summed E-state index contributed by atoms with van der Waals surface area (Å²) in [5.41, 5.74) is -0.122. The maximum absolute atomic E-state index is 13.4. The van der Waals surface area contributed by atoms with Crippen LogP contribution in [0.25, 0.3) is 0 Å². The average Bonchev–Trinajstić information content (AvgIpc) is 2.41. The number of carbonyl (C=O) groups excluding carboxylic acids is 2. The number of amides is 2. The Hall–Kier alpha value is -1.66. The second-order valence-electron chi connectivity index (χ2n) is 4.18. The van der Waals surface area contributed by atoms with Crippen LogP contribution in [-0.2, 0) is 9.59 Å². The Bertz CT molecular complexity index is 497. The molecule has 5 nitrogen and oxygen atoms in total. The van der Waals surface area contributed by atoms with Crippen molar-refractivity contribution >= 4 is 29.1 Å². The third-order valence-corrected chi connectivity index (χ3v) is 2.86. The topological polar surface area (TPSA) is 78.4 Å². The van der Waals surface area contributed by atoms with Gasteiger partial charge >= 0.3 is 11.8 Å². The van der Waals surface area contributed by atoms with Crippen LogP contribution in [0, 0.1) is 5.82 Å². The summed E-state index contributed by atoms with van der Waals surface area (Å²) in [6, 6.07) is 3.70. The van der Waals surface area contributed by atoms with Gasteiger partial charge < -0.3 is 15.7 Å². The zero-order valence-electron chi connectivity index (χ0n) is 11.0. The number of halogens is 2. The van der Waals surface area contributed by atoms with Gasteiger partial charge in [-0.3, -0.25) is 9.59 Å². The number of anilines is 1. The van der Waals surface area contributed by atoms with E-state index in [1.165, 1.54) is 12.1 Å². The summed E-state index contributed by atoms with van der Waals surface area (Å²) in [5.74, 6) is -2.58. The minimum absolute atomic E-state index is 0.122. The molecule has 0 spiro atoms. The van der Waals surface area contributed by atoms with Gasteiger partial charge in [0.1, 0.15) is 5.82 Å². The maximum atomic E-state index is 13.4. The molecule has 0 aliphatic rings. The fourth-order valence-corrected chi connectivity index (χ4v) is 1.57. The van der Waals surface area contributed by atoms with Crippen molar-refractivity contribution in [3.8, 4) is 0 Å². The molecule has 20 heavy (non-hydrogen) atoms. The zero-order valence-corrected chi connectivity index (χ0v) is 11.7. The molecule has 3 N–H and O–H groups in total. The zero-order chi connectivity index (χ0) is 15.1. The summed E-state index contributed by atoms with van der Waals surface area (Å²) < 4.78 is 13.4. The standard InChI is InChI=1S/C13H16ClFN2O3/c1-2-9(18)5-6-16-12(19)13(20)17-11-4-3-8(14)7-10(11)15/h3-4,7,9,18H,2,5-6H2,1H3,(H,16,19)(H,17,20). The van der Waals surface area contributed by atoms with Gasteiger partial charge in [0.05, 0.1) is 11.8 Å². The van der Waals surface area contributed by atoms with E-state index in [1.807, 2.05) is 6.92 Å². The first-order chi connectivity index (χ1) is 9.43. The van der Waals surface area contributed by atoms with E-state index in [4.69, 9.17) is 11.6 Å². The molecule has 0 fully saturated rings. The van der Waals surface area contributed by atoms with E-state index in [0.29, 0.717) is 12.8 Å². The minimum Gasteiger partial charge on any atom is -0.393 e. The first-order valence-corrected chi connectivity index (χ1v) is 6.54.